The summed E-state index contributed by atoms with van der Waals surface area (Å²) in [6.07, 6.45) is 6.34. The van der Waals surface area contributed by atoms with Gasteiger partial charge in [-0.15, -0.1) is 9.24 Å². The van der Waals surface area contributed by atoms with Gasteiger partial charge in [-0.2, -0.15) is 0 Å². The van der Waals surface area contributed by atoms with Gasteiger partial charge in [-0.25, -0.2) is 0 Å². The Morgan fingerprint density at radius 2 is 1.65 bits per heavy atom. The van der Waals surface area contributed by atoms with Gasteiger partial charge in [0.2, 0.25) is 0 Å². The summed E-state index contributed by atoms with van der Waals surface area (Å²) in [6, 6.07) is 10.4. The molecule has 0 saturated heterocycles. The zero-order valence-electron chi connectivity index (χ0n) is 14.0. The molecule has 0 amide bonds. The van der Waals surface area contributed by atoms with Crippen LogP contribution in [0.15, 0.2) is 54.1 Å². The minimum absolute atomic E-state index is 0.307. The fourth-order valence-electron chi connectivity index (χ4n) is 1.51. The average Bonchev–Trinajstić information content (AvgIpc) is 2.55. The quantitative estimate of drug-likeness (QED) is 0.554. The number of rotatable bonds is 5. The molecule has 1 aromatic rings. The van der Waals surface area contributed by atoms with Crippen LogP contribution >= 0.6 is 9.24 Å². The highest BCUT2D eigenvalue weighted by Crippen LogP contribution is 2.12. The third kappa shape index (κ3) is 9.95. The third-order valence-corrected chi connectivity index (χ3v) is 3.04. The van der Waals surface area contributed by atoms with E-state index >= 15 is 0 Å². The van der Waals surface area contributed by atoms with Gasteiger partial charge < -0.3 is 5.32 Å². The molecule has 0 heterocycles. The van der Waals surface area contributed by atoms with Gasteiger partial charge in [-0.05, 0) is 25.0 Å². The van der Waals surface area contributed by atoms with Crippen LogP contribution in [0.5, 0.6) is 0 Å². The highest BCUT2D eigenvalue weighted by atomic mass is 31.0. The zero-order chi connectivity index (χ0) is 15.8. The minimum atomic E-state index is 0.307. The van der Waals surface area contributed by atoms with Crippen LogP contribution in [0.3, 0.4) is 0 Å². The molecule has 0 radical (unpaired) electrons. The molecule has 0 aliphatic heterocycles. The number of nitrogens with one attached hydrogen (secondary N) is 1. The first-order chi connectivity index (χ1) is 9.77. The van der Waals surface area contributed by atoms with Crippen LogP contribution in [-0.4, -0.2) is 5.78 Å². The van der Waals surface area contributed by atoms with Gasteiger partial charge in [0.25, 0.3) is 0 Å². The Morgan fingerprint density at radius 1 is 1.10 bits per heavy atom. The second-order valence-electron chi connectivity index (χ2n) is 3.63. The van der Waals surface area contributed by atoms with Crippen LogP contribution < -0.4 is 5.32 Å². The van der Waals surface area contributed by atoms with E-state index in [1.54, 1.807) is 0 Å². The third-order valence-electron chi connectivity index (χ3n) is 2.42. The molecule has 20 heavy (non-hydrogen) atoms. The van der Waals surface area contributed by atoms with Crippen LogP contribution in [0.4, 0.5) is 0 Å². The lowest BCUT2D eigenvalue weighted by Gasteiger charge is -2.14. The van der Waals surface area contributed by atoms with E-state index in [9.17, 15) is 0 Å². The molecule has 0 aliphatic carbocycles. The van der Waals surface area contributed by atoms with E-state index in [1.807, 2.05) is 40.7 Å². The summed E-state index contributed by atoms with van der Waals surface area (Å²) in [4.78, 5) is 0. The molecule has 0 spiro atoms. The summed E-state index contributed by atoms with van der Waals surface area (Å²) in [5.74, 6) is 0.307. The molecule has 1 aromatic carbocycles. The SMILES string of the molecule is C/C=C\C(=C/C)C(P)NCc1ccccc1.CC.CC. The Hall–Kier alpha value is -0.910. The second kappa shape index (κ2) is 16.1. The predicted molar refractivity (Wildman–Crippen MR) is 98.0 cm³/mol. The molecule has 114 valence electrons. The van der Waals surface area contributed by atoms with E-state index in [1.165, 1.54) is 11.1 Å². The van der Waals surface area contributed by atoms with Crippen LogP contribution in [0.25, 0.3) is 0 Å². The molecule has 1 nitrogen and oxygen atoms in total. The largest absolute Gasteiger partial charge is 0.303 e. The minimum Gasteiger partial charge on any atom is -0.303 e. The van der Waals surface area contributed by atoms with Gasteiger partial charge in [-0.1, -0.05) is 76.3 Å². The molecule has 1 rings (SSSR count). The Balaban J connectivity index is 0. The summed E-state index contributed by atoms with van der Waals surface area (Å²) >= 11 is 0. The number of hydrogen-bond donors (Lipinski definition) is 1. The van der Waals surface area contributed by atoms with Gasteiger partial charge in [0.15, 0.2) is 0 Å². The summed E-state index contributed by atoms with van der Waals surface area (Å²) in [5.41, 5.74) is 2.61. The molecule has 0 bridgehead atoms. The van der Waals surface area contributed by atoms with Gasteiger partial charge in [0, 0.05) is 12.3 Å². The van der Waals surface area contributed by atoms with Gasteiger partial charge in [0.1, 0.15) is 0 Å². The van der Waals surface area contributed by atoms with Crippen molar-refractivity contribution in [1.82, 2.24) is 5.32 Å². The number of benzene rings is 1. The summed E-state index contributed by atoms with van der Waals surface area (Å²) in [7, 11) is 2.83. The molecule has 2 unspecified atom stereocenters. The second-order valence-corrected chi connectivity index (χ2v) is 4.30. The Morgan fingerprint density at radius 3 is 2.10 bits per heavy atom. The van der Waals surface area contributed by atoms with Crippen molar-refractivity contribution in [2.75, 3.05) is 0 Å². The normalized spacial score (nSPS) is 12.1. The van der Waals surface area contributed by atoms with Gasteiger partial charge >= 0.3 is 0 Å². The molecule has 0 fully saturated rings. The smallest absolute Gasteiger partial charge is 0.0463 e. The average molecular weight is 293 g/mol. The van der Waals surface area contributed by atoms with E-state index in [0.29, 0.717) is 5.78 Å². The highest BCUT2D eigenvalue weighted by molar-refractivity contribution is 7.18. The van der Waals surface area contributed by atoms with E-state index in [0.717, 1.165) is 6.54 Å². The monoisotopic (exact) mass is 293 g/mol. The van der Waals surface area contributed by atoms with E-state index in [-0.39, 0.29) is 0 Å². The summed E-state index contributed by atoms with van der Waals surface area (Å²) in [6.45, 7) is 13.0. The number of allylic oxidation sites excluding steroid dienone is 2. The van der Waals surface area contributed by atoms with Crippen molar-refractivity contribution < 1.29 is 0 Å². The zero-order valence-corrected chi connectivity index (χ0v) is 15.1. The standard InChI is InChI=1S/C14H20NP.2C2H6/c1-3-8-13(4-2)14(16)15-11-12-9-6-5-7-10-12;2*1-2/h3-10,14-15H,11,16H2,1-2H3;2*1-2H3/b8-3-,13-4+;;. The van der Waals surface area contributed by atoms with Crippen molar-refractivity contribution in [2.45, 2.75) is 53.9 Å². The predicted octanol–water partition coefficient (Wildman–Crippen LogP) is 5.55. The lowest BCUT2D eigenvalue weighted by molar-refractivity contribution is 0.710. The highest BCUT2D eigenvalue weighted by Gasteiger charge is 2.03. The molecular weight excluding hydrogens is 261 g/mol. The molecule has 2 heteroatoms. The van der Waals surface area contributed by atoms with Crippen LogP contribution in [-0.2, 0) is 6.54 Å². The molecule has 2 atom stereocenters. The van der Waals surface area contributed by atoms with Gasteiger partial charge in [-0.3, -0.25) is 0 Å². The van der Waals surface area contributed by atoms with Crippen molar-refractivity contribution in [2.24, 2.45) is 0 Å². The Bertz CT molecular complexity index is 355. The maximum atomic E-state index is 3.48. The fourth-order valence-corrected chi connectivity index (χ4v) is 1.93. The van der Waals surface area contributed by atoms with Crippen molar-refractivity contribution >= 4 is 9.24 Å². The topological polar surface area (TPSA) is 12.0 Å². The molecule has 1 N–H and O–H groups in total. The molecule has 0 aliphatic rings. The fraction of sp³-hybridized carbons (Fsp3) is 0.444. The molecule has 0 aromatic heterocycles. The van der Waals surface area contributed by atoms with E-state index in [4.69, 9.17) is 0 Å². The molecule has 0 saturated carbocycles. The van der Waals surface area contributed by atoms with Crippen molar-refractivity contribution in [3.63, 3.8) is 0 Å². The van der Waals surface area contributed by atoms with Crippen molar-refractivity contribution in [3.05, 3.63) is 59.7 Å². The maximum absolute atomic E-state index is 3.48. The lowest BCUT2D eigenvalue weighted by atomic mass is 10.2. The van der Waals surface area contributed by atoms with Crippen molar-refractivity contribution in [1.29, 1.82) is 0 Å². The van der Waals surface area contributed by atoms with Crippen LogP contribution in [0, 0.1) is 0 Å². The maximum Gasteiger partial charge on any atom is 0.0463 e. The Labute approximate surface area is 128 Å². The van der Waals surface area contributed by atoms with E-state index < -0.39 is 0 Å². The summed E-state index contributed by atoms with van der Waals surface area (Å²) < 4.78 is 0. The Kier molecular flexibility index (Phi) is 17.3. The van der Waals surface area contributed by atoms with E-state index in [2.05, 4.69) is 64.0 Å². The number of hydrogen-bond acceptors (Lipinski definition) is 1. The van der Waals surface area contributed by atoms with Crippen LogP contribution in [0.2, 0.25) is 0 Å². The van der Waals surface area contributed by atoms with Gasteiger partial charge in [0.05, 0.1) is 0 Å². The first-order valence-electron chi connectivity index (χ1n) is 7.59. The van der Waals surface area contributed by atoms with Crippen molar-refractivity contribution in [3.8, 4) is 0 Å². The van der Waals surface area contributed by atoms with Crippen LogP contribution in [0.1, 0.15) is 47.1 Å². The first kappa shape index (κ1) is 21.4. The first-order valence-corrected chi connectivity index (χ1v) is 8.26. The summed E-state index contributed by atoms with van der Waals surface area (Å²) in [5, 5.41) is 3.48. The molecular formula is C18H32NP. The lowest BCUT2D eigenvalue weighted by Crippen LogP contribution is -2.23.